The highest BCUT2D eigenvalue weighted by Crippen LogP contribution is 2.24. The minimum atomic E-state index is 0.142. The maximum Gasteiger partial charge on any atom is 0.184 e. The molecule has 2 heterocycles. The van der Waals surface area contributed by atoms with Gasteiger partial charge < -0.3 is 9.73 Å². The van der Waals surface area contributed by atoms with Gasteiger partial charge in [0.25, 0.3) is 0 Å². The smallest absolute Gasteiger partial charge is 0.184 e. The van der Waals surface area contributed by atoms with Crippen LogP contribution >= 0.6 is 27.3 Å². The van der Waals surface area contributed by atoms with Gasteiger partial charge in [0.05, 0.1) is 12.3 Å². The molecule has 1 atom stereocenters. The molecule has 2 aromatic heterocycles. The summed E-state index contributed by atoms with van der Waals surface area (Å²) in [5, 5.41) is 6.08. The molecule has 1 N–H and O–H groups in total. The van der Waals surface area contributed by atoms with E-state index in [1.807, 2.05) is 24.4 Å². The molecule has 0 amide bonds. The first-order chi connectivity index (χ1) is 6.75. The standard InChI is InChI=1S/C9H9BrN2OS/c1-6(7-3-2-4-13-7)11-9-12-8(10)5-14-9/h2-6H,1H3,(H,11,12). The molecule has 1 unspecified atom stereocenters. The monoisotopic (exact) mass is 272 g/mol. The fourth-order valence-corrected chi connectivity index (χ4v) is 2.35. The van der Waals surface area contributed by atoms with Crippen molar-refractivity contribution < 1.29 is 4.42 Å². The number of aromatic nitrogens is 1. The SMILES string of the molecule is CC(Nc1nc(Br)cs1)c1ccco1. The van der Waals surface area contributed by atoms with Crippen LogP contribution in [0, 0.1) is 0 Å². The molecule has 0 saturated heterocycles. The van der Waals surface area contributed by atoms with Gasteiger partial charge in [0, 0.05) is 5.38 Å². The first-order valence-electron chi connectivity index (χ1n) is 4.16. The molecule has 2 rings (SSSR count). The summed E-state index contributed by atoms with van der Waals surface area (Å²) < 4.78 is 6.13. The quantitative estimate of drug-likeness (QED) is 0.927. The molecule has 0 aliphatic rings. The van der Waals surface area contributed by atoms with Crippen molar-refractivity contribution in [2.75, 3.05) is 5.32 Å². The number of halogens is 1. The van der Waals surface area contributed by atoms with Gasteiger partial charge in [-0.2, -0.15) is 0 Å². The van der Waals surface area contributed by atoms with Gasteiger partial charge in [0.2, 0.25) is 0 Å². The van der Waals surface area contributed by atoms with Crippen molar-refractivity contribution in [3.63, 3.8) is 0 Å². The van der Waals surface area contributed by atoms with Crippen molar-refractivity contribution >= 4 is 32.4 Å². The van der Waals surface area contributed by atoms with E-state index in [0.29, 0.717) is 0 Å². The number of rotatable bonds is 3. The van der Waals surface area contributed by atoms with Gasteiger partial charge in [-0.25, -0.2) is 4.98 Å². The first kappa shape index (κ1) is 9.73. The van der Waals surface area contributed by atoms with Gasteiger partial charge in [-0.1, -0.05) is 0 Å². The molecule has 0 fully saturated rings. The van der Waals surface area contributed by atoms with Crippen LogP contribution in [-0.4, -0.2) is 4.98 Å². The van der Waals surface area contributed by atoms with Crippen molar-refractivity contribution in [3.05, 3.63) is 34.1 Å². The highest BCUT2D eigenvalue weighted by molar-refractivity contribution is 9.10. The second-order valence-electron chi connectivity index (χ2n) is 2.86. The average molecular weight is 273 g/mol. The van der Waals surface area contributed by atoms with Crippen LogP contribution in [0.5, 0.6) is 0 Å². The molecule has 5 heteroatoms. The summed E-state index contributed by atoms with van der Waals surface area (Å²) in [5.74, 6) is 0.913. The molecule has 0 aliphatic carbocycles. The molecular weight excluding hydrogens is 264 g/mol. The van der Waals surface area contributed by atoms with Crippen LogP contribution in [0.3, 0.4) is 0 Å². The van der Waals surface area contributed by atoms with Crippen LogP contribution < -0.4 is 5.32 Å². The minimum Gasteiger partial charge on any atom is -0.467 e. The molecular formula is C9H9BrN2OS. The Morgan fingerprint density at radius 1 is 1.64 bits per heavy atom. The number of thiazole rings is 1. The van der Waals surface area contributed by atoms with E-state index in [9.17, 15) is 0 Å². The number of anilines is 1. The van der Waals surface area contributed by atoms with E-state index in [-0.39, 0.29) is 6.04 Å². The van der Waals surface area contributed by atoms with Crippen LogP contribution in [-0.2, 0) is 0 Å². The molecule has 2 aromatic rings. The molecule has 0 aromatic carbocycles. The Morgan fingerprint density at radius 2 is 2.50 bits per heavy atom. The van der Waals surface area contributed by atoms with Crippen LogP contribution in [0.25, 0.3) is 0 Å². The van der Waals surface area contributed by atoms with Crippen molar-refractivity contribution in [1.82, 2.24) is 4.98 Å². The van der Waals surface area contributed by atoms with Crippen molar-refractivity contribution in [2.45, 2.75) is 13.0 Å². The van der Waals surface area contributed by atoms with E-state index in [1.165, 1.54) is 0 Å². The molecule has 0 bridgehead atoms. The van der Waals surface area contributed by atoms with Gasteiger partial charge in [-0.3, -0.25) is 0 Å². The van der Waals surface area contributed by atoms with Gasteiger partial charge in [-0.15, -0.1) is 11.3 Å². The van der Waals surface area contributed by atoms with Crippen LogP contribution in [0.15, 0.2) is 32.8 Å². The normalized spacial score (nSPS) is 12.7. The number of hydrogen-bond donors (Lipinski definition) is 1. The molecule has 14 heavy (non-hydrogen) atoms. The number of hydrogen-bond acceptors (Lipinski definition) is 4. The van der Waals surface area contributed by atoms with Crippen LogP contribution in [0.2, 0.25) is 0 Å². The van der Waals surface area contributed by atoms with Gasteiger partial charge in [0.1, 0.15) is 10.4 Å². The lowest BCUT2D eigenvalue weighted by molar-refractivity contribution is 0.490. The van der Waals surface area contributed by atoms with Crippen LogP contribution in [0.1, 0.15) is 18.7 Å². The van der Waals surface area contributed by atoms with E-state index >= 15 is 0 Å². The third kappa shape index (κ3) is 2.16. The summed E-state index contributed by atoms with van der Waals surface area (Å²) in [7, 11) is 0. The van der Waals surface area contributed by atoms with E-state index in [0.717, 1.165) is 15.5 Å². The van der Waals surface area contributed by atoms with Gasteiger partial charge in [-0.05, 0) is 35.0 Å². The Kier molecular flexibility index (Phi) is 2.88. The number of furan rings is 1. The predicted octanol–water partition coefficient (Wildman–Crippen LogP) is 3.67. The Hall–Kier alpha value is -0.810. The van der Waals surface area contributed by atoms with E-state index in [2.05, 4.69) is 26.2 Å². The van der Waals surface area contributed by atoms with Gasteiger partial charge >= 0.3 is 0 Å². The predicted molar refractivity (Wildman–Crippen MR) is 60.6 cm³/mol. The average Bonchev–Trinajstić information content (AvgIpc) is 2.75. The summed E-state index contributed by atoms with van der Waals surface area (Å²) in [6.45, 7) is 2.04. The summed E-state index contributed by atoms with van der Waals surface area (Å²) in [5.41, 5.74) is 0. The zero-order valence-corrected chi connectivity index (χ0v) is 9.93. The highest BCUT2D eigenvalue weighted by Gasteiger charge is 2.09. The zero-order chi connectivity index (χ0) is 9.97. The lowest BCUT2D eigenvalue weighted by Gasteiger charge is -2.08. The zero-order valence-electron chi connectivity index (χ0n) is 7.53. The molecule has 3 nitrogen and oxygen atoms in total. The lowest BCUT2D eigenvalue weighted by atomic mass is 10.3. The topological polar surface area (TPSA) is 38.1 Å². The van der Waals surface area contributed by atoms with Crippen molar-refractivity contribution in [2.24, 2.45) is 0 Å². The highest BCUT2D eigenvalue weighted by atomic mass is 79.9. The molecule has 74 valence electrons. The molecule has 0 spiro atoms. The summed E-state index contributed by atoms with van der Waals surface area (Å²) in [6, 6.07) is 3.97. The third-order valence-electron chi connectivity index (χ3n) is 1.79. The first-order valence-corrected chi connectivity index (χ1v) is 5.84. The maximum absolute atomic E-state index is 5.28. The Labute approximate surface area is 94.3 Å². The third-order valence-corrected chi connectivity index (χ3v) is 3.27. The largest absolute Gasteiger partial charge is 0.467 e. The summed E-state index contributed by atoms with van der Waals surface area (Å²) in [4.78, 5) is 4.24. The second-order valence-corrected chi connectivity index (χ2v) is 4.53. The Balaban J connectivity index is 2.05. The molecule has 0 radical (unpaired) electrons. The fraction of sp³-hybridized carbons (Fsp3) is 0.222. The number of nitrogens with one attached hydrogen (secondary N) is 1. The van der Waals surface area contributed by atoms with E-state index in [4.69, 9.17) is 4.42 Å². The minimum absolute atomic E-state index is 0.142. The summed E-state index contributed by atoms with van der Waals surface area (Å²) in [6.07, 6.45) is 1.67. The van der Waals surface area contributed by atoms with E-state index in [1.54, 1.807) is 17.6 Å². The summed E-state index contributed by atoms with van der Waals surface area (Å²) >= 11 is 4.87. The second kappa shape index (κ2) is 4.14. The van der Waals surface area contributed by atoms with Crippen molar-refractivity contribution in [3.8, 4) is 0 Å². The maximum atomic E-state index is 5.28. The molecule has 0 saturated carbocycles. The van der Waals surface area contributed by atoms with Crippen LogP contribution in [0.4, 0.5) is 5.13 Å². The Bertz CT molecular complexity index is 399. The van der Waals surface area contributed by atoms with Gasteiger partial charge in [0.15, 0.2) is 5.13 Å². The number of nitrogens with zero attached hydrogens (tertiary/aromatic N) is 1. The van der Waals surface area contributed by atoms with Crippen molar-refractivity contribution in [1.29, 1.82) is 0 Å². The Morgan fingerprint density at radius 3 is 3.07 bits per heavy atom. The fourth-order valence-electron chi connectivity index (χ4n) is 1.11. The lowest BCUT2D eigenvalue weighted by Crippen LogP contribution is -2.04. The molecule has 0 aliphatic heterocycles. The van der Waals surface area contributed by atoms with E-state index < -0.39 is 0 Å².